The molecule has 1 fully saturated rings. The first-order valence-electron chi connectivity index (χ1n) is 6.17. The third kappa shape index (κ3) is 2.30. The summed E-state index contributed by atoms with van der Waals surface area (Å²) in [7, 11) is 0. The Morgan fingerprint density at radius 2 is 1.40 bits per heavy atom. The second kappa shape index (κ2) is 5.31. The van der Waals surface area contributed by atoms with Crippen LogP contribution in [0.5, 0.6) is 0 Å². The molecule has 0 spiro atoms. The average Bonchev–Trinajstić information content (AvgIpc) is 2.46. The first-order valence-corrected chi connectivity index (χ1v) is 7.76. The lowest BCUT2D eigenvalue weighted by Gasteiger charge is -2.45. The Morgan fingerprint density at radius 1 is 0.900 bits per heavy atom. The van der Waals surface area contributed by atoms with Gasteiger partial charge in [0.15, 0.2) is 0 Å². The zero-order valence-electron chi connectivity index (χ0n) is 10.5. The van der Waals surface area contributed by atoms with Crippen LogP contribution in [0.4, 0.5) is 5.69 Å². The lowest BCUT2D eigenvalue weighted by atomic mass is 9.88. The van der Waals surface area contributed by atoms with E-state index in [1.165, 1.54) is 0 Å². The third-order valence-corrected chi connectivity index (χ3v) is 4.51. The Kier molecular flexibility index (Phi) is 3.67. The minimum absolute atomic E-state index is 0.0414. The predicted octanol–water partition coefficient (Wildman–Crippen LogP) is 3.63. The zero-order chi connectivity index (χ0) is 14.3. The van der Waals surface area contributed by atoms with Crippen LogP contribution >= 0.6 is 31.9 Å². The summed E-state index contributed by atoms with van der Waals surface area (Å²) >= 11 is 6.81. The van der Waals surface area contributed by atoms with Crippen LogP contribution in [0.15, 0.2) is 57.5 Å². The third-order valence-electron chi connectivity index (χ3n) is 3.46. The fourth-order valence-corrected chi connectivity index (χ4v) is 2.95. The van der Waals surface area contributed by atoms with E-state index in [1.54, 1.807) is 4.90 Å². The molecule has 0 unspecified atom stereocenters. The van der Waals surface area contributed by atoms with Crippen molar-refractivity contribution in [1.82, 2.24) is 0 Å². The molecule has 0 aliphatic carbocycles. The van der Waals surface area contributed by atoms with Crippen molar-refractivity contribution in [3.05, 3.63) is 63.0 Å². The van der Waals surface area contributed by atoms with Crippen molar-refractivity contribution < 1.29 is 4.79 Å². The van der Waals surface area contributed by atoms with E-state index >= 15 is 0 Å². The number of amides is 1. The highest BCUT2D eigenvalue weighted by atomic mass is 79.9. The molecule has 2 N–H and O–H groups in total. The highest BCUT2D eigenvalue weighted by Crippen LogP contribution is 2.38. The maximum Gasteiger partial charge on any atom is 0.247 e. The van der Waals surface area contributed by atoms with Crippen LogP contribution in [-0.4, -0.2) is 11.9 Å². The van der Waals surface area contributed by atoms with Crippen molar-refractivity contribution in [2.75, 3.05) is 4.90 Å². The second-order valence-corrected chi connectivity index (χ2v) is 6.54. The summed E-state index contributed by atoms with van der Waals surface area (Å²) in [4.78, 5) is 13.8. The van der Waals surface area contributed by atoms with Gasteiger partial charge >= 0.3 is 0 Å². The Morgan fingerprint density at radius 3 is 1.95 bits per heavy atom. The summed E-state index contributed by atoms with van der Waals surface area (Å²) in [5, 5.41) is 0. The van der Waals surface area contributed by atoms with Crippen LogP contribution in [0.1, 0.15) is 11.6 Å². The molecule has 3 nitrogen and oxygen atoms in total. The predicted molar refractivity (Wildman–Crippen MR) is 86.5 cm³/mol. The summed E-state index contributed by atoms with van der Waals surface area (Å²) in [5.74, 6) is -0.0414. The van der Waals surface area contributed by atoms with Gasteiger partial charge in [0.25, 0.3) is 0 Å². The van der Waals surface area contributed by atoms with Crippen LogP contribution in [0.3, 0.4) is 0 Å². The Balaban J connectivity index is 1.95. The van der Waals surface area contributed by atoms with Gasteiger partial charge in [0.05, 0.1) is 6.04 Å². The lowest BCUT2D eigenvalue weighted by Crippen LogP contribution is -2.63. The molecule has 2 atom stereocenters. The molecule has 0 aromatic heterocycles. The highest BCUT2D eigenvalue weighted by Gasteiger charge is 2.46. The van der Waals surface area contributed by atoms with Crippen LogP contribution in [0.2, 0.25) is 0 Å². The summed E-state index contributed by atoms with van der Waals surface area (Å²) < 4.78 is 1.99. The summed E-state index contributed by atoms with van der Waals surface area (Å²) in [6.07, 6.45) is 0. The van der Waals surface area contributed by atoms with E-state index in [4.69, 9.17) is 5.73 Å². The molecule has 20 heavy (non-hydrogen) atoms. The Hall–Kier alpha value is -1.17. The first kappa shape index (κ1) is 13.8. The summed E-state index contributed by atoms with van der Waals surface area (Å²) in [5.41, 5.74) is 7.89. The first-order chi connectivity index (χ1) is 9.58. The second-order valence-electron chi connectivity index (χ2n) is 4.71. The molecule has 1 heterocycles. The Bertz CT molecular complexity index is 640. The zero-order valence-corrected chi connectivity index (χ0v) is 13.6. The fourth-order valence-electron chi connectivity index (χ4n) is 2.42. The van der Waals surface area contributed by atoms with Gasteiger partial charge < -0.3 is 10.6 Å². The van der Waals surface area contributed by atoms with Crippen molar-refractivity contribution in [2.24, 2.45) is 5.73 Å². The van der Waals surface area contributed by atoms with Crippen molar-refractivity contribution in [1.29, 1.82) is 0 Å². The maximum atomic E-state index is 12.1. The van der Waals surface area contributed by atoms with Gasteiger partial charge in [-0.2, -0.15) is 0 Å². The van der Waals surface area contributed by atoms with E-state index in [2.05, 4.69) is 31.9 Å². The summed E-state index contributed by atoms with van der Waals surface area (Å²) in [6, 6.07) is 15.0. The minimum atomic E-state index is -0.472. The number of carbonyl (C=O) groups is 1. The lowest BCUT2D eigenvalue weighted by molar-refractivity contribution is -0.126. The monoisotopic (exact) mass is 394 g/mol. The minimum Gasteiger partial charge on any atom is -0.318 e. The molecular formula is C15H12Br2N2O. The number of rotatable bonds is 2. The fraction of sp³-hybridized carbons (Fsp3) is 0.133. The number of benzene rings is 2. The van der Waals surface area contributed by atoms with Crippen LogP contribution < -0.4 is 10.6 Å². The van der Waals surface area contributed by atoms with E-state index in [9.17, 15) is 4.79 Å². The van der Waals surface area contributed by atoms with Crippen molar-refractivity contribution in [2.45, 2.75) is 12.1 Å². The molecule has 1 aliphatic rings. The number of nitrogens with zero attached hydrogens (tertiary/aromatic N) is 1. The molecule has 5 heteroatoms. The molecule has 3 rings (SSSR count). The largest absolute Gasteiger partial charge is 0.318 e. The van der Waals surface area contributed by atoms with Crippen molar-refractivity contribution >= 4 is 43.5 Å². The van der Waals surface area contributed by atoms with Crippen LogP contribution in [0, 0.1) is 0 Å². The molecular weight excluding hydrogens is 384 g/mol. The van der Waals surface area contributed by atoms with Gasteiger partial charge in [-0.3, -0.25) is 4.79 Å². The molecule has 102 valence electrons. The highest BCUT2D eigenvalue weighted by molar-refractivity contribution is 9.10. The molecule has 0 radical (unpaired) electrons. The molecule has 0 bridgehead atoms. The van der Waals surface area contributed by atoms with Crippen LogP contribution in [0.25, 0.3) is 0 Å². The van der Waals surface area contributed by atoms with E-state index in [0.717, 1.165) is 20.2 Å². The van der Waals surface area contributed by atoms with Gasteiger partial charge in [-0.15, -0.1) is 0 Å². The van der Waals surface area contributed by atoms with Crippen LogP contribution in [-0.2, 0) is 4.79 Å². The van der Waals surface area contributed by atoms with E-state index in [1.807, 2.05) is 48.5 Å². The van der Waals surface area contributed by atoms with Gasteiger partial charge in [0.1, 0.15) is 6.04 Å². The number of hydrogen-bond acceptors (Lipinski definition) is 2. The Labute approximate surface area is 134 Å². The van der Waals surface area contributed by atoms with Crippen molar-refractivity contribution in [3.63, 3.8) is 0 Å². The standard InChI is InChI=1S/C15H12Br2N2O/c16-10-3-1-9(2-4-10)14-13(18)15(20)19(14)12-7-5-11(17)6-8-12/h1-8,13-14H,18H2/t13-,14+/m0/s1. The normalized spacial score (nSPS) is 21.8. The van der Waals surface area contributed by atoms with Gasteiger partial charge in [-0.25, -0.2) is 0 Å². The number of hydrogen-bond donors (Lipinski definition) is 1. The van der Waals surface area contributed by atoms with E-state index < -0.39 is 6.04 Å². The smallest absolute Gasteiger partial charge is 0.247 e. The van der Waals surface area contributed by atoms with Gasteiger partial charge in [0.2, 0.25) is 5.91 Å². The van der Waals surface area contributed by atoms with E-state index in [0.29, 0.717) is 0 Å². The number of halogens is 2. The molecule has 0 saturated carbocycles. The molecule has 1 saturated heterocycles. The number of anilines is 1. The van der Waals surface area contributed by atoms with Gasteiger partial charge in [0, 0.05) is 14.6 Å². The van der Waals surface area contributed by atoms with Gasteiger partial charge in [-0.1, -0.05) is 44.0 Å². The number of β-lactam (4-membered cyclic amide) rings is 1. The molecule has 2 aromatic carbocycles. The maximum absolute atomic E-state index is 12.1. The van der Waals surface area contributed by atoms with Gasteiger partial charge in [-0.05, 0) is 42.0 Å². The molecule has 1 aliphatic heterocycles. The molecule has 1 amide bonds. The quantitative estimate of drug-likeness (QED) is 0.789. The SMILES string of the molecule is N[C@@H]1C(=O)N(c2ccc(Br)cc2)[C@@H]1c1ccc(Br)cc1. The van der Waals surface area contributed by atoms with Crippen molar-refractivity contribution in [3.8, 4) is 0 Å². The van der Waals surface area contributed by atoms with E-state index in [-0.39, 0.29) is 11.9 Å². The topological polar surface area (TPSA) is 46.3 Å². The molecule has 2 aromatic rings. The summed E-state index contributed by atoms with van der Waals surface area (Å²) in [6.45, 7) is 0. The number of nitrogens with two attached hydrogens (primary N) is 1. The number of carbonyl (C=O) groups excluding carboxylic acids is 1. The average molecular weight is 396 g/mol.